The Morgan fingerprint density at radius 2 is 1.57 bits per heavy atom. The minimum Gasteiger partial charge on any atom is -0.398 e. The molecule has 0 aromatic heterocycles. The second-order valence-corrected chi connectivity index (χ2v) is 15.4. The van der Waals surface area contributed by atoms with Crippen LogP contribution in [0.1, 0.15) is 97.5 Å². The van der Waals surface area contributed by atoms with Crippen LogP contribution in [0.15, 0.2) is 71.4 Å². The lowest BCUT2D eigenvalue weighted by molar-refractivity contribution is -0.134. The number of hydrogen-bond donors (Lipinski definition) is 2. The van der Waals surface area contributed by atoms with Crippen molar-refractivity contribution < 1.29 is 14.4 Å². The van der Waals surface area contributed by atoms with Crippen LogP contribution in [0.2, 0.25) is 0 Å². The fraction of sp³-hybridized carbons (Fsp3) is 0.512. The number of nitrogen functional groups attached to an aromatic ring is 1. The molecule has 0 radical (unpaired) electrons. The summed E-state index contributed by atoms with van der Waals surface area (Å²) in [4.78, 5) is 50.8. The zero-order valence-corrected chi connectivity index (χ0v) is 29.6. The van der Waals surface area contributed by atoms with Crippen molar-refractivity contribution in [2.75, 3.05) is 43.5 Å². The molecule has 3 atom stereocenters. The van der Waals surface area contributed by atoms with Gasteiger partial charge in [-0.2, -0.15) is 0 Å². The Balaban J connectivity index is 0.888. The molecule has 6 aliphatic rings. The first-order chi connectivity index (χ1) is 24.9. The number of hydrogen-bond acceptors (Lipinski definition) is 8. The maximum absolute atomic E-state index is 12.9. The summed E-state index contributed by atoms with van der Waals surface area (Å²) in [5, 5.41) is 2.49. The number of likely N-dealkylation sites (tertiary alicyclic amines) is 2. The molecule has 3 N–H and O–H groups in total. The van der Waals surface area contributed by atoms with Crippen molar-refractivity contribution in [1.29, 1.82) is 0 Å². The molecule has 3 amide bonds. The van der Waals surface area contributed by atoms with Crippen LogP contribution in [0.5, 0.6) is 0 Å². The van der Waals surface area contributed by atoms with Gasteiger partial charge < -0.3 is 20.4 Å². The lowest BCUT2D eigenvalue weighted by Gasteiger charge is -2.43. The molecule has 0 bridgehead atoms. The summed E-state index contributed by atoms with van der Waals surface area (Å²) >= 11 is 0. The summed E-state index contributed by atoms with van der Waals surface area (Å²) in [5.41, 5.74) is 11.8. The van der Waals surface area contributed by atoms with E-state index >= 15 is 0 Å². The van der Waals surface area contributed by atoms with E-state index in [-0.39, 0.29) is 35.7 Å². The quantitative estimate of drug-likeness (QED) is 0.232. The lowest BCUT2D eigenvalue weighted by Crippen LogP contribution is -2.48. The van der Waals surface area contributed by atoms with E-state index in [2.05, 4.69) is 79.1 Å². The molecule has 51 heavy (non-hydrogen) atoms. The third-order valence-corrected chi connectivity index (χ3v) is 12.7. The minimum atomic E-state index is -0.372. The number of amides is 3. The number of piperidine rings is 3. The number of allylic oxidation sites excluding steroid dienone is 1. The Bertz CT molecular complexity index is 1710. The van der Waals surface area contributed by atoms with Gasteiger partial charge in [-0.15, -0.1) is 0 Å². The van der Waals surface area contributed by atoms with Crippen LogP contribution >= 0.6 is 0 Å². The van der Waals surface area contributed by atoms with E-state index < -0.39 is 0 Å². The number of carbonyl (C=O) groups is 3. The first-order valence-corrected chi connectivity index (χ1v) is 19.1. The van der Waals surface area contributed by atoms with E-state index in [1.165, 1.54) is 49.8 Å². The number of nitrogens with two attached hydrogens (primary N) is 1. The fourth-order valence-electron chi connectivity index (χ4n) is 9.84. The van der Waals surface area contributed by atoms with Crippen molar-refractivity contribution in [3.05, 3.63) is 83.1 Å². The highest BCUT2D eigenvalue weighted by molar-refractivity contribution is 6.06. The first-order valence-electron chi connectivity index (χ1n) is 19.1. The van der Waals surface area contributed by atoms with Crippen LogP contribution in [-0.4, -0.2) is 96.2 Å². The largest absolute Gasteiger partial charge is 0.398 e. The van der Waals surface area contributed by atoms with Crippen molar-refractivity contribution in [3.8, 4) is 0 Å². The molecule has 0 spiro atoms. The highest BCUT2D eigenvalue weighted by atomic mass is 16.2. The average molecular weight is 690 g/mol. The molecular formula is C41H51N7O3. The van der Waals surface area contributed by atoms with Gasteiger partial charge in [0.2, 0.25) is 11.8 Å². The topological polar surface area (TPSA) is 115 Å². The van der Waals surface area contributed by atoms with Crippen molar-refractivity contribution >= 4 is 35.8 Å². The molecule has 4 aliphatic heterocycles. The van der Waals surface area contributed by atoms with E-state index in [1.807, 2.05) is 12.1 Å². The Kier molecular flexibility index (Phi) is 9.55. The number of benzene rings is 2. The number of rotatable bonds is 7. The van der Waals surface area contributed by atoms with Crippen LogP contribution in [0.4, 0.5) is 11.4 Å². The smallest absolute Gasteiger partial charge is 0.280 e. The fourth-order valence-corrected chi connectivity index (χ4v) is 9.84. The van der Waals surface area contributed by atoms with Crippen molar-refractivity contribution in [1.82, 2.24) is 20.0 Å². The standard InChI is InChI=1S/C41H51N7O3/c1-43-41(51)39-34(42)7-4-8-36(39)48-26-47(31-5-2-3-6-31)37-25-32(13-15-35(37)48)46-23-19-30(20-24-46)45-21-17-28(18-22-45)27-9-11-29(12-10-27)33-14-16-38(49)44-40(33)50/h4,7-13,15,25,28,30-31,33,35,37H,1-3,5-6,14,16-24,26,42H2,(H,44,49,50). The molecular weight excluding hydrogens is 638 g/mol. The maximum Gasteiger partial charge on any atom is 0.280 e. The number of anilines is 2. The number of nitrogens with zero attached hydrogens (tertiary/aromatic N) is 5. The zero-order valence-electron chi connectivity index (χ0n) is 29.6. The molecule has 2 aromatic carbocycles. The predicted molar refractivity (Wildman–Crippen MR) is 201 cm³/mol. The van der Waals surface area contributed by atoms with Gasteiger partial charge in [-0.3, -0.25) is 24.6 Å². The number of aliphatic imine (C=N–C) groups is 1. The average Bonchev–Trinajstić information content (AvgIpc) is 3.83. The number of imide groups is 1. The van der Waals surface area contributed by atoms with E-state index in [9.17, 15) is 14.4 Å². The van der Waals surface area contributed by atoms with Gasteiger partial charge in [0.05, 0.1) is 35.9 Å². The molecule has 2 aliphatic carbocycles. The van der Waals surface area contributed by atoms with Gasteiger partial charge in [-0.05, 0) is 106 Å². The lowest BCUT2D eigenvalue weighted by atomic mass is 9.85. The second-order valence-electron chi connectivity index (χ2n) is 15.4. The van der Waals surface area contributed by atoms with Crippen molar-refractivity contribution in [3.63, 3.8) is 0 Å². The van der Waals surface area contributed by atoms with Crippen LogP contribution in [-0.2, 0) is 9.59 Å². The number of fused-ring (bicyclic) bond motifs is 1. The molecule has 10 nitrogen and oxygen atoms in total. The van der Waals surface area contributed by atoms with Gasteiger partial charge in [0, 0.05) is 43.0 Å². The summed E-state index contributed by atoms with van der Waals surface area (Å²) in [7, 11) is 0. The summed E-state index contributed by atoms with van der Waals surface area (Å²) in [6, 6.07) is 15.8. The third kappa shape index (κ3) is 6.64. The van der Waals surface area contributed by atoms with Crippen molar-refractivity contribution in [2.24, 2.45) is 4.99 Å². The summed E-state index contributed by atoms with van der Waals surface area (Å²) < 4.78 is 0. The van der Waals surface area contributed by atoms with Gasteiger partial charge in [-0.25, -0.2) is 4.99 Å². The Hall–Kier alpha value is -4.28. The molecule has 2 aromatic rings. The molecule has 5 fully saturated rings. The summed E-state index contributed by atoms with van der Waals surface area (Å²) in [6.45, 7) is 8.63. The van der Waals surface area contributed by atoms with Crippen LogP contribution in [0.25, 0.3) is 0 Å². The maximum atomic E-state index is 12.9. The molecule has 4 saturated heterocycles. The van der Waals surface area contributed by atoms with Crippen molar-refractivity contribution in [2.45, 2.75) is 100 Å². The van der Waals surface area contributed by atoms with E-state index in [0.29, 0.717) is 42.1 Å². The molecule has 3 unspecified atom stereocenters. The van der Waals surface area contributed by atoms with Crippen LogP contribution in [0.3, 0.4) is 0 Å². The second kappa shape index (κ2) is 14.4. The van der Waals surface area contributed by atoms with Gasteiger partial charge in [-0.1, -0.05) is 49.2 Å². The highest BCUT2D eigenvalue weighted by Crippen LogP contribution is 2.40. The minimum absolute atomic E-state index is 0.125. The predicted octanol–water partition coefficient (Wildman–Crippen LogP) is 5.19. The normalized spacial score (nSPS) is 27.1. The molecule has 10 heteroatoms. The van der Waals surface area contributed by atoms with Crippen LogP contribution in [0, 0.1) is 0 Å². The third-order valence-electron chi connectivity index (χ3n) is 12.7. The van der Waals surface area contributed by atoms with E-state index in [4.69, 9.17) is 5.73 Å². The number of carbonyl (C=O) groups excluding carboxylic acids is 3. The Morgan fingerprint density at radius 1 is 0.843 bits per heavy atom. The Morgan fingerprint density at radius 3 is 2.27 bits per heavy atom. The van der Waals surface area contributed by atoms with Gasteiger partial charge in [0.1, 0.15) is 0 Å². The molecule has 4 heterocycles. The van der Waals surface area contributed by atoms with Gasteiger partial charge in [0.25, 0.3) is 5.91 Å². The molecule has 8 rings (SSSR count). The van der Waals surface area contributed by atoms with Gasteiger partial charge >= 0.3 is 0 Å². The molecule has 1 saturated carbocycles. The highest BCUT2D eigenvalue weighted by Gasteiger charge is 2.44. The summed E-state index contributed by atoms with van der Waals surface area (Å²) in [6.07, 6.45) is 17.8. The summed E-state index contributed by atoms with van der Waals surface area (Å²) in [5.74, 6) is -0.382. The monoisotopic (exact) mass is 689 g/mol. The van der Waals surface area contributed by atoms with Crippen LogP contribution < -0.4 is 16.0 Å². The first kappa shape index (κ1) is 33.8. The van der Waals surface area contributed by atoms with E-state index in [0.717, 1.165) is 56.9 Å². The van der Waals surface area contributed by atoms with E-state index in [1.54, 1.807) is 6.07 Å². The SMILES string of the molecule is C=NC(=O)c1c(N)cccc1N1CN(C2CCCC2)C2C=C(N3CCC(N4CCC(c5ccc(C6CCC(=O)NC6=O)cc5)CC4)CC3)C=CC21. The zero-order chi connectivity index (χ0) is 35.1. The van der Waals surface area contributed by atoms with Gasteiger partial charge in [0.15, 0.2) is 0 Å². The Labute approximate surface area is 301 Å². The molecule has 268 valence electrons. The number of nitrogens with one attached hydrogen (secondary N) is 1.